The molecule has 6 heteroatoms. The van der Waals surface area contributed by atoms with Crippen molar-refractivity contribution in [2.45, 2.75) is 0 Å². The number of fused-ring (bicyclic) bond motifs is 1. The first kappa shape index (κ1) is 13.3. The number of hydrogen-bond donors (Lipinski definition) is 1. The van der Waals surface area contributed by atoms with E-state index in [4.69, 9.17) is 11.6 Å². The summed E-state index contributed by atoms with van der Waals surface area (Å²) in [6.45, 7) is 0. The molecule has 20 heavy (non-hydrogen) atoms. The maximum Gasteiger partial charge on any atom is 0.198 e. The normalized spacial score (nSPS) is 10.9. The zero-order valence-electron chi connectivity index (χ0n) is 9.95. The van der Waals surface area contributed by atoms with E-state index in [1.807, 2.05) is 0 Å². The number of nitrogens with zero attached hydrogens (tertiary/aromatic N) is 1. The van der Waals surface area contributed by atoms with Crippen molar-refractivity contribution in [3.63, 3.8) is 0 Å². The topological polar surface area (TPSA) is 45.8 Å². The number of H-pyrrole nitrogens is 1. The van der Waals surface area contributed by atoms with E-state index in [1.165, 1.54) is 24.5 Å². The van der Waals surface area contributed by atoms with Crippen LogP contribution in [0.5, 0.6) is 0 Å². The smallest absolute Gasteiger partial charge is 0.198 e. The molecule has 3 aromatic rings. The van der Waals surface area contributed by atoms with E-state index in [-0.39, 0.29) is 10.0 Å². The number of aromatic amines is 1. The molecule has 0 atom stereocenters. The molecule has 1 aromatic carbocycles. The molecule has 0 aliphatic rings. The molecule has 0 spiro atoms. The molecule has 0 unspecified atom stereocenters. The summed E-state index contributed by atoms with van der Waals surface area (Å²) in [6, 6.07) is 6.17. The fraction of sp³-hybridized carbons (Fsp3) is 0. The van der Waals surface area contributed by atoms with E-state index in [0.717, 1.165) is 0 Å². The van der Waals surface area contributed by atoms with Crippen LogP contribution in [0.15, 0.2) is 41.1 Å². The SMILES string of the molecule is O=C(c1cccc(Br)c1F)c1c[nH]c2nccc(Cl)c12. The highest BCUT2D eigenvalue weighted by Crippen LogP contribution is 2.28. The number of rotatable bonds is 2. The van der Waals surface area contributed by atoms with Crippen LogP contribution in [0.4, 0.5) is 4.39 Å². The number of carbonyl (C=O) groups excluding carboxylic acids is 1. The highest BCUT2D eigenvalue weighted by molar-refractivity contribution is 9.10. The summed E-state index contributed by atoms with van der Waals surface area (Å²) in [5.74, 6) is -1.03. The first-order valence-electron chi connectivity index (χ1n) is 5.70. The lowest BCUT2D eigenvalue weighted by molar-refractivity contribution is 0.103. The third-order valence-corrected chi connectivity index (χ3v) is 3.89. The predicted octanol–water partition coefficient (Wildman–Crippen LogP) is 4.35. The van der Waals surface area contributed by atoms with E-state index in [9.17, 15) is 9.18 Å². The van der Waals surface area contributed by atoms with Gasteiger partial charge in [-0.2, -0.15) is 0 Å². The average Bonchev–Trinajstić information content (AvgIpc) is 2.86. The molecule has 2 heterocycles. The van der Waals surface area contributed by atoms with Gasteiger partial charge < -0.3 is 4.98 Å². The molecule has 0 saturated carbocycles. The van der Waals surface area contributed by atoms with Crippen LogP contribution in [-0.2, 0) is 0 Å². The van der Waals surface area contributed by atoms with Gasteiger partial charge in [-0.25, -0.2) is 9.37 Å². The summed E-state index contributed by atoms with van der Waals surface area (Å²) >= 11 is 9.16. The summed E-state index contributed by atoms with van der Waals surface area (Å²) in [5.41, 5.74) is 0.784. The van der Waals surface area contributed by atoms with Gasteiger partial charge in [0.25, 0.3) is 0 Å². The van der Waals surface area contributed by atoms with Crippen LogP contribution in [0.1, 0.15) is 15.9 Å². The quantitative estimate of drug-likeness (QED) is 0.696. The van der Waals surface area contributed by atoms with Crippen LogP contribution in [0, 0.1) is 5.82 Å². The summed E-state index contributed by atoms with van der Waals surface area (Å²) < 4.78 is 14.3. The van der Waals surface area contributed by atoms with E-state index in [1.54, 1.807) is 12.1 Å². The van der Waals surface area contributed by atoms with Crippen molar-refractivity contribution in [1.82, 2.24) is 9.97 Å². The highest BCUT2D eigenvalue weighted by atomic mass is 79.9. The van der Waals surface area contributed by atoms with Crippen LogP contribution >= 0.6 is 27.5 Å². The Morgan fingerprint density at radius 3 is 2.90 bits per heavy atom. The first-order valence-corrected chi connectivity index (χ1v) is 6.87. The maximum atomic E-state index is 14.0. The van der Waals surface area contributed by atoms with Gasteiger partial charge in [-0.1, -0.05) is 17.7 Å². The largest absolute Gasteiger partial charge is 0.345 e. The molecule has 0 amide bonds. The monoisotopic (exact) mass is 352 g/mol. The van der Waals surface area contributed by atoms with E-state index in [0.29, 0.717) is 21.6 Å². The molecule has 3 rings (SSSR count). The summed E-state index contributed by atoms with van der Waals surface area (Å²) in [4.78, 5) is 19.4. The number of hydrogen-bond acceptors (Lipinski definition) is 2. The number of benzene rings is 1. The second kappa shape index (κ2) is 5.00. The van der Waals surface area contributed by atoms with Crippen molar-refractivity contribution in [3.05, 3.63) is 63.1 Å². The Labute approximate surface area is 126 Å². The fourth-order valence-corrected chi connectivity index (χ4v) is 2.63. The lowest BCUT2D eigenvalue weighted by Crippen LogP contribution is -2.04. The minimum absolute atomic E-state index is 0.0137. The number of ketones is 1. The summed E-state index contributed by atoms with van der Waals surface area (Å²) in [7, 11) is 0. The van der Waals surface area contributed by atoms with Crippen molar-refractivity contribution < 1.29 is 9.18 Å². The maximum absolute atomic E-state index is 14.0. The van der Waals surface area contributed by atoms with Crippen molar-refractivity contribution in [2.24, 2.45) is 0 Å². The number of halogens is 3. The molecule has 3 nitrogen and oxygen atoms in total. The van der Waals surface area contributed by atoms with E-state index < -0.39 is 11.6 Å². The molecular formula is C14H7BrClFN2O. The Bertz CT molecular complexity index is 831. The van der Waals surface area contributed by atoms with Crippen molar-refractivity contribution in [1.29, 1.82) is 0 Å². The van der Waals surface area contributed by atoms with Gasteiger partial charge in [-0.05, 0) is 34.1 Å². The fourth-order valence-electron chi connectivity index (χ4n) is 2.02. The number of aromatic nitrogens is 2. The molecular weight excluding hydrogens is 347 g/mol. The van der Waals surface area contributed by atoms with Crippen LogP contribution < -0.4 is 0 Å². The minimum Gasteiger partial charge on any atom is -0.345 e. The van der Waals surface area contributed by atoms with E-state index >= 15 is 0 Å². The molecule has 0 radical (unpaired) electrons. The van der Waals surface area contributed by atoms with Gasteiger partial charge in [0.1, 0.15) is 11.5 Å². The minimum atomic E-state index is -0.591. The first-order chi connectivity index (χ1) is 9.59. The standard InChI is InChI=1S/C14H7BrClFN2O/c15-9-3-1-2-7(12(9)17)13(20)8-6-19-14-11(8)10(16)4-5-18-14/h1-6H,(H,18,19). The van der Waals surface area contributed by atoms with Crippen molar-refractivity contribution in [2.75, 3.05) is 0 Å². The van der Waals surface area contributed by atoms with Gasteiger partial charge in [0, 0.05) is 17.8 Å². The second-order valence-electron chi connectivity index (χ2n) is 4.15. The Morgan fingerprint density at radius 2 is 2.10 bits per heavy atom. The van der Waals surface area contributed by atoms with Gasteiger partial charge in [0.2, 0.25) is 0 Å². The second-order valence-corrected chi connectivity index (χ2v) is 5.41. The zero-order chi connectivity index (χ0) is 14.3. The van der Waals surface area contributed by atoms with E-state index in [2.05, 4.69) is 25.9 Å². The number of carbonyl (C=O) groups is 1. The Hall–Kier alpha value is -1.72. The van der Waals surface area contributed by atoms with Crippen molar-refractivity contribution in [3.8, 4) is 0 Å². The van der Waals surface area contributed by atoms with Crippen LogP contribution in [0.3, 0.4) is 0 Å². The van der Waals surface area contributed by atoms with Gasteiger partial charge in [-0.3, -0.25) is 4.79 Å². The van der Waals surface area contributed by atoms with Crippen LogP contribution in [0.2, 0.25) is 5.02 Å². The molecule has 1 N–H and O–H groups in total. The molecule has 0 saturated heterocycles. The lowest BCUT2D eigenvalue weighted by Gasteiger charge is -2.03. The summed E-state index contributed by atoms with van der Waals surface area (Å²) in [5, 5.41) is 0.897. The third kappa shape index (κ3) is 2.03. The Balaban J connectivity index is 2.21. The average molecular weight is 354 g/mol. The molecule has 0 aliphatic carbocycles. The predicted molar refractivity (Wildman–Crippen MR) is 78.6 cm³/mol. The van der Waals surface area contributed by atoms with Gasteiger partial charge >= 0.3 is 0 Å². The van der Waals surface area contributed by atoms with Gasteiger partial charge in [0.15, 0.2) is 5.78 Å². The van der Waals surface area contributed by atoms with Crippen molar-refractivity contribution >= 4 is 44.3 Å². The van der Waals surface area contributed by atoms with Crippen LogP contribution in [0.25, 0.3) is 11.0 Å². The number of pyridine rings is 1. The zero-order valence-corrected chi connectivity index (χ0v) is 12.3. The lowest BCUT2D eigenvalue weighted by atomic mass is 10.0. The van der Waals surface area contributed by atoms with Gasteiger partial charge in [0.05, 0.1) is 20.6 Å². The van der Waals surface area contributed by atoms with Crippen LogP contribution in [-0.4, -0.2) is 15.8 Å². The highest BCUT2D eigenvalue weighted by Gasteiger charge is 2.20. The molecule has 0 aliphatic heterocycles. The molecule has 100 valence electrons. The molecule has 0 fully saturated rings. The Morgan fingerprint density at radius 1 is 1.30 bits per heavy atom. The van der Waals surface area contributed by atoms with Gasteiger partial charge in [-0.15, -0.1) is 0 Å². The Kier molecular flexibility index (Phi) is 3.31. The summed E-state index contributed by atoms with van der Waals surface area (Å²) in [6.07, 6.45) is 3.03. The molecule has 2 aromatic heterocycles. The third-order valence-electron chi connectivity index (χ3n) is 2.96. The number of nitrogens with one attached hydrogen (secondary N) is 1. The molecule has 0 bridgehead atoms.